The van der Waals surface area contributed by atoms with Crippen LogP contribution in [0.2, 0.25) is 0 Å². The van der Waals surface area contributed by atoms with Crippen molar-refractivity contribution in [3.8, 4) is 0 Å². The summed E-state index contributed by atoms with van der Waals surface area (Å²) < 4.78 is 0. The van der Waals surface area contributed by atoms with Crippen LogP contribution in [0.5, 0.6) is 0 Å². The smallest absolute Gasteiger partial charge is 0.358 e. The second-order valence-electron chi connectivity index (χ2n) is 3.53. The number of pyridine rings is 1. The fourth-order valence-electron chi connectivity index (χ4n) is 1.47. The summed E-state index contributed by atoms with van der Waals surface area (Å²) in [5, 5.41) is 12.7. The van der Waals surface area contributed by atoms with Gasteiger partial charge in [0.25, 0.3) is 5.91 Å². The lowest BCUT2D eigenvalue weighted by molar-refractivity contribution is -0.389. The van der Waals surface area contributed by atoms with Crippen molar-refractivity contribution in [1.82, 2.24) is 10.3 Å². The summed E-state index contributed by atoms with van der Waals surface area (Å²) in [4.78, 5) is 36.0. The number of nitrogens with zero attached hydrogens (tertiary/aromatic N) is 2. The molecule has 0 radical (unpaired) electrons. The minimum Gasteiger partial charge on any atom is -0.358 e. The third-order valence-electron chi connectivity index (χ3n) is 2.09. The molecule has 1 aromatic heterocycles. The molecule has 2 amide bonds. The molecule has 90 valence electrons. The maximum absolute atomic E-state index is 11.6. The van der Waals surface area contributed by atoms with Crippen molar-refractivity contribution in [3.05, 3.63) is 33.0 Å². The van der Waals surface area contributed by atoms with Crippen LogP contribution in [0.1, 0.15) is 28.5 Å². The van der Waals surface area contributed by atoms with Crippen LogP contribution in [-0.2, 0) is 4.79 Å². The minimum atomic E-state index is -0.632. The fourth-order valence-corrected chi connectivity index (χ4v) is 1.47. The van der Waals surface area contributed by atoms with Gasteiger partial charge in [0.2, 0.25) is 5.91 Å². The Bertz CT molecular complexity index is 487. The van der Waals surface area contributed by atoms with Crippen LogP contribution in [0.15, 0.2) is 6.07 Å². The van der Waals surface area contributed by atoms with Gasteiger partial charge in [-0.25, -0.2) is 0 Å². The molecule has 7 heteroatoms. The molecule has 0 aromatic carbocycles. The Morgan fingerprint density at radius 3 is 2.41 bits per heavy atom. The Hall–Kier alpha value is -2.31. The Morgan fingerprint density at radius 1 is 1.41 bits per heavy atom. The van der Waals surface area contributed by atoms with E-state index < -0.39 is 16.7 Å². The largest absolute Gasteiger partial charge is 0.363 e. The van der Waals surface area contributed by atoms with E-state index >= 15 is 0 Å². The lowest BCUT2D eigenvalue weighted by Gasteiger charge is -2.05. The van der Waals surface area contributed by atoms with E-state index in [-0.39, 0.29) is 17.1 Å². The highest BCUT2D eigenvalue weighted by molar-refractivity contribution is 6.05. The molecule has 0 saturated carbocycles. The highest BCUT2D eigenvalue weighted by Gasteiger charge is 2.21. The molecule has 1 heterocycles. The van der Waals surface area contributed by atoms with Gasteiger partial charge in [0, 0.05) is 19.9 Å². The number of amides is 2. The van der Waals surface area contributed by atoms with E-state index in [2.05, 4.69) is 10.3 Å². The molecule has 0 spiro atoms. The van der Waals surface area contributed by atoms with Crippen molar-refractivity contribution in [1.29, 1.82) is 0 Å². The fraction of sp³-hybridized carbons (Fsp3) is 0.300. The maximum atomic E-state index is 11.6. The van der Waals surface area contributed by atoms with Gasteiger partial charge in [-0.1, -0.05) is 0 Å². The molecule has 0 fully saturated rings. The van der Waals surface area contributed by atoms with Crippen LogP contribution in [0.4, 0.5) is 5.82 Å². The Morgan fingerprint density at radius 2 is 2.00 bits per heavy atom. The summed E-state index contributed by atoms with van der Waals surface area (Å²) in [6.45, 7) is 4.24. The van der Waals surface area contributed by atoms with Gasteiger partial charge in [-0.15, -0.1) is 0 Å². The molecule has 0 unspecified atom stereocenters. The topological polar surface area (TPSA) is 102 Å². The third kappa shape index (κ3) is 2.83. The zero-order chi connectivity index (χ0) is 13.2. The van der Waals surface area contributed by atoms with Crippen molar-refractivity contribution in [2.45, 2.75) is 20.8 Å². The van der Waals surface area contributed by atoms with Gasteiger partial charge in [0.1, 0.15) is 0 Å². The van der Waals surface area contributed by atoms with Crippen molar-refractivity contribution in [3.63, 3.8) is 0 Å². The van der Waals surface area contributed by atoms with E-state index in [4.69, 9.17) is 0 Å². The monoisotopic (exact) mass is 237 g/mol. The first-order valence-electron chi connectivity index (χ1n) is 4.77. The summed E-state index contributed by atoms with van der Waals surface area (Å²) in [6, 6.07) is 1.20. The number of imide groups is 1. The summed E-state index contributed by atoms with van der Waals surface area (Å²) in [5.74, 6) is -1.42. The lowest BCUT2D eigenvalue weighted by Crippen LogP contribution is -2.29. The zero-order valence-electron chi connectivity index (χ0n) is 9.60. The molecule has 17 heavy (non-hydrogen) atoms. The van der Waals surface area contributed by atoms with Gasteiger partial charge < -0.3 is 10.1 Å². The number of nitro groups is 1. The zero-order valence-corrected chi connectivity index (χ0v) is 9.60. The third-order valence-corrected chi connectivity index (χ3v) is 2.09. The lowest BCUT2D eigenvalue weighted by atomic mass is 10.1. The van der Waals surface area contributed by atoms with E-state index in [1.165, 1.54) is 19.9 Å². The first-order chi connectivity index (χ1) is 7.82. The standard InChI is InChI=1S/C10H11N3O4/c1-5-4-8(13(16)17)11-6(2)9(5)10(15)12-7(3)14/h4H,1-3H3,(H,12,14,15). The predicted octanol–water partition coefficient (Wildman–Crippen LogP) is 0.883. The van der Waals surface area contributed by atoms with Crippen molar-refractivity contribution in [2.24, 2.45) is 0 Å². The van der Waals surface area contributed by atoms with E-state index in [1.807, 2.05) is 0 Å². The number of aromatic nitrogens is 1. The van der Waals surface area contributed by atoms with Crippen LogP contribution < -0.4 is 5.32 Å². The number of carbonyl (C=O) groups excluding carboxylic acids is 2. The summed E-state index contributed by atoms with van der Waals surface area (Å²) in [7, 11) is 0. The van der Waals surface area contributed by atoms with Crippen LogP contribution in [0, 0.1) is 24.0 Å². The molecule has 0 aliphatic heterocycles. The number of carbonyl (C=O) groups is 2. The van der Waals surface area contributed by atoms with Gasteiger partial charge >= 0.3 is 5.82 Å². The second kappa shape index (κ2) is 4.69. The molecule has 0 saturated heterocycles. The maximum Gasteiger partial charge on any atom is 0.363 e. The van der Waals surface area contributed by atoms with Gasteiger partial charge in [0.15, 0.2) is 5.69 Å². The normalized spacial score (nSPS) is 9.82. The summed E-state index contributed by atoms with van der Waals surface area (Å²) >= 11 is 0. The number of rotatable bonds is 2. The first kappa shape index (κ1) is 12.8. The predicted molar refractivity (Wildman–Crippen MR) is 58.5 cm³/mol. The number of hydrogen-bond donors (Lipinski definition) is 1. The Kier molecular flexibility index (Phi) is 3.52. The number of hydrogen-bond acceptors (Lipinski definition) is 5. The van der Waals surface area contributed by atoms with Gasteiger partial charge in [0.05, 0.1) is 5.56 Å². The van der Waals surface area contributed by atoms with Crippen molar-refractivity contribution in [2.75, 3.05) is 0 Å². The molecule has 0 aliphatic rings. The molecule has 0 bridgehead atoms. The second-order valence-corrected chi connectivity index (χ2v) is 3.53. The quantitative estimate of drug-likeness (QED) is 0.607. The Balaban J connectivity index is 3.22. The van der Waals surface area contributed by atoms with Crippen LogP contribution in [0.25, 0.3) is 0 Å². The van der Waals surface area contributed by atoms with Gasteiger partial charge in [-0.2, -0.15) is 0 Å². The van der Waals surface area contributed by atoms with Gasteiger partial charge in [-0.3, -0.25) is 14.9 Å². The first-order valence-corrected chi connectivity index (χ1v) is 4.77. The Labute approximate surface area is 97.0 Å². The molecule has 0 aliphatic carbocycles. The molecular weight excluding hydrogens is 226 g/mol. The molecule has 1 rings (SSSR count). The van der Waals surface area contributed by atoms with Crippen LogP contribution in [-0.4, -0.2) is 21.7 Å². The van der Waals surface area contributed by atoms with E-state index in [1.54, 1.807) is 6.92 Å². The van der Waals surface area contributed by atoms with E-state index in [9.17, 15) is 19.7 Å². The van der Waals surface area contributed by atoms with E-state index in [0.717, 1.165) is 0 Å². The molecular formula is C10H11N3O4. The van der Waals surface area contributed by atoms with Crippen molar-refractivity contribution >= 4 is 17.6 Å². The average Bonchev–Trinajstić information content (AvgIpc) is 2.14. The SMILES string of the molecule is CC(=O)NC(=O)c1c(C)cc([N+](=O)[O-])nc1C. The van der Waals surface area contributed by atoms with Gasteiger partial charge in [-0.05, 0) is 22.4 Å². The number of aryl methyl sites for hydroxylation is 2. The highest BCUT2D eigenvalue weighted by Crippen LogP contribution is 2.17. The average molecular weight is 237 g/mol. The van der Waals surface area contributed by atoms with Crippen LogP contribution >= 0.6 is 0 Å². The minimum absolute atomic E-state index is 0.186. The van der Waals surface area contributed by atoms with Crippen LogP contribution in [0.3, 0.4) is 0 Å². The van der Waals surface area contributed by atoms with Crippen molar-refractivity contribution < 1.29 is 14.5 Å². The molecule has 1 aromatic rings. The highest BCUT2D eigenvalue weighted by atomic mass is 16.6. The summed E-state index contributed by atoms with van der Waals surface area (Å²) in [6.07, 6.45) is 0. The summed E-state index contributed by atoms with van der Waals surface area (Å²) in [5.41, 5.74) is 0.809. The number of nitrogens with one attached hydrogen (secondary N) is 1. The molecule has 7 nitrogen and oxygen atoms in total. The molecule has 1 N–H and O–H groups in total. The van der Waals surface area contributed by atoms with E-state index in [0.29, 0.717) is 5.56 Å². The molecule has 0 atom stereocenters.